The van der Waals surface area contributed by atoms with Crippen LogP contribution in [0.5, 0.6) is 0 Å². The zero-order chi connectivity index (χ0) is 24.5. The Morgan fingerprint density at radius 3 is 1.24 bits per heavy atom. The number of aliphatic hydroxyl groups excluding tert-OH is 7. The van der Waals surface area contributed by atoms with E-state index in [9.17, 15) is 9.36 Å². The molecule has 0 saturated carbocycles. The van der Waals surface area contributed by atoms with Gasteiger partial charge in [-0.05, 0) is 41.5 Å². The molecule has 0 saturated heterocycles. The topological polar surface area (TPSA) is 246 Å². The highest BCUT2D eigenvalue weighted by molar-refractivity contribution is 7.46. The number of phosphoric acid groups is 1. The Morgan fingerprint density at radius 1 is 0.759 bits per heavy atom. The third kappa shape index (κ3) is 38.5. The van der Waals surface area contributed by atoms with E-state index >= 15 is 0 Å². The van der Waals surface area contributed by atoms with Crippen molar-refractivity contribution >= 4 is 13.8 Å². The van der Waals surface area contributed by atoms with Crippen molar-refractivity contribution in [2.75, 3.05) is 6.61 Å². The van der Waals surface area contributed by atoms with Gasteiger partial charge in [-0.2, -0.15) is 0 Å². The van der Waals surface area contributed by atoms with Crippen LogP contribution in [0.1, 0.15) is 41.5 Å². The summed E-state index contributed by atoms with van der Waals surface area (Å²) in [5.74, 6) is -1.83. The summed E-state index contributed by atoms with van der Waals surface area (Å²) in [6.45, 7) is 9.29. The molecule has 29 heavy (non-hydrogen) atoms. The molecule has 13 nitrogen and oxygen atoms in total. The Bertz CT molecular complexity index is 402. The number of aliphatic carboxylic acids is 1. The second-order valence-corrected chi connectivity index (χ2v) is 7.64. The largest absolute Gasteiger partial charge is 0.479 e. The molecular weight excluding hydrogens is 419 g/mol. The van der Waals surface area contributed by atoms with Gasteiger partial charge in [-0.25, -0.2) is 9.36 Å². The highest BCUT2D eigenvalue weighted by Gasteiger charge is 2.35. The number of hydrogen-bond acceptors (Lipinski definition) is 10. The van der Waals surface area contributed by atoms with Crippen LogP contribution in [0.2, 0.25) is 0 Å². The van der Waals surface area contributed by atoms with Crippen LogP contribution in [0.15, 0.2) is 0 Å². The van der Waals surface area contributed by atoms with Crippen LogP contribution in [0.25, 0.3) is 0 Å². The summed E-state index contributed by atoms with van der Waals surface area (Å²) in [7, 11) is -4.86. The fourth-order valence-electron chi connectivity index (χ4n) is 0.833. The van der Waals surface area contributed by atoms with Gasteiger partial charge >= 0.3 is 13.8 Å². The predicted octanol–water partition coefficient (Wildman–Crippen LogP) is -2.21. The molecule has 0 aliphatic rings. The second kappa shape index (κ2) is 19.3. The number of rotatable bonds is 7. The van der Waals surface area contributed by atoms with Crippen LogP contribution in [0.4, 0.5) is 0 Å². The van der Waals surface area contributed by atoms with Crippen molar-refractivity contribution in [2.45, 2.75) is 84.3 Å². The summed E-state index contributed by atoms with van der Waals surface area (Å²) >= 11 is 0. The molecule has 10 N–H and O–H groups in total. The molecule has 0 aromatic carbocycles. The van der Waals surface area contributed by atoms with Crippen molar-refractivity contribution in [3.05, 3.63) is 0 Å². The first-order valence-electron chi connectivity index (χ1n) is 8.45. The molecule has 180 valence electrons. The van der Waals surface area contributed by atoms with Gasteiger partial charge in [0.25, 0.3) is 0 Å². The summed E-state index contributed by atoms with van der Waals surface area (Å²) in [6.07, 6.45) is -9.21. The van der Waals surface area contributed by atoms with E-state index in [1.54, 1.807) is 41.5 Å². The maximum absolute atomic E-state index is 10.2. The van der Waals surface area contributed by atoms with Crippen LogP contribution in [-0.2, 0) is 13.9 Å². The fraction of sp³-hybridized carbons (Fsp3) is 0.933. The molecule has 0 bridgehead atoms. The highest BCUT2D eigenvalue weighted by Crippen LogP contribution is 2.35. The molecule has 0 rings (SSSR count). The first-order valence-corrected chi connectivity index (χ1v) is 9.98. The summed E-state index contributed by atoms with van der Waals surface area (Å²) in [5, 5.41) is 68.6. The minimum Gasteiger partial charge on any atom is -0.479 e. The van der Waals surface area contributed by atoms with E-state index in [0.29, 0.717) is 0 Å². The molecule has 0 aromatic rings. The van der Waals surface area contributed by atoms with Crippen LogP contribution >= 0.6 is 7.82 Å². The van der Waals surface area contributed by atoms with E-state index in [1.165, 1.54) is 0 Å². The Labute approximate surface area is 170 Å². The SMILES string of the molecule is CC(C)O.CC(C)O.CC(C)O.O=C(O)C(O)C(O)C(O)C(O)COP(=O)(O)O. The molecule has 0 amide bonds. The fourth-order valence-corrected chi connectivity index (χ4v) is 1.18. The van der Waals surface area contributed by atoms with Crippen molar-refractivity contribution in [1.29, 1.82) is 0 Å². The predicted molar refractivity (Wildman–Crippen MR) is 102 cm³/mol. The Hall–Kier alpha value is -0.700. The normalized spacial score (nSPS) is 15.1. The van der Waals surface area contributed by atoms with Crippen LogP contribution in [0, 0.1) is 0 Å². The first kappa shape index (κ1) is 35.7. The van der Waals surface area contributed by atoms with Gasteiger partial charge in [0.05, 0.1) is 6.61 Å². The second-order valence-electron chi connectivity index (χ2n) is 6.40. The van der Waals surface area contributed by atoms with Gasteiger partial charge < -0.3 is 50.6 Å². The molecule has 0 aliphatic carbocycles. The number of carboxylic acids is 1. The maximum Gasteiger partial charge on any atom is 0.469 e. The standard InChI is InChI=1S/C6H13O10P.3C3H8O/c7-2(1-16-17(13,14)15)3(8)4(9)5(10)6(11)12;3*1-3(2)4/h2-5,7-10H,1H2,(H,11,12)(H2,13,14,15);3*3-4H,1-2H3. The molecule has 4 unspecified atom stereocenters. The summed E-state index contributed by atoms with van der Waals surface area (Å²) < 4.78 is 14.1. The smallest absolute Gasteiger partial charge is 0.469 e. The third-order valence-corrected chi connectivity index (χ3v) is 2.22. The number of aliphatic hydroxyl groups is 7. The van der Waals surface area contributed by atoms with Crippen molar-refractivity contribution in [1.82, 2.24) is 0 Å². The van der Waals surface area contributed by atoms with E-state index in [4.69, 9.17) is 50.6 Å². The molecule has 0 aromatic heterocycles. The molecule has 0 aliphatic heterocycles. The van der Waals surface area contributed by atoms with Crippen LogP contribution < -0.4 is 0 Å². The monoisotopic (exact) mass is 456 g/mol. The van der Waals surface area contributed by atoms with Gasteiger partial charge in [0.1, 0.15) is 18.3 Å². The number of hydrogen-bond donors (Lipinski definition) is 10. The summed E-state index contributed by atoms with van der Waals surface area (Å²) in [5.41, 5.74) is 0. The molecule has 0 heterocycles. The zero-order valence-electron chi connectivity index (χ0n) is 17.4. The van der Waals surface area contributed by atoms with Gasteiger partial charge in [0.2, 0.25) is 0 Å². The van der Waals surface area contributed by atoms with E-state index in [1.807, 2.05) is 0 Å². The molecule has 0 spiro atoms. The number of phosphoric ester groups is 1. The minimum atomic E-state index is -4.86. The Balaban J connectivity index is -0.000000212. The van der Waals surface area contributed by atoms with Gasteiger partial charge in [-0.3, -0.25) is 4.52 Å². The van der Waals surface area contributed by atoms with Gasteiger partial charge in [0, 0.05) is 18.3 Å². The summed E-state index contributed by atoms with van der Waals surface area (Å²) in [6, 6.07) is 0. The van der Waals surface area contributed by atoms with Crippen LogP contribution in [0.3, 0.4) is 0 Å². The van der Waals surface area contributed by atoms with Gasteiger partial charge in [0.15, 0.2) is 6.10 Å². The number of carboxylic acid groups (broad SMARTS) is 1. The lowest BCUT2D eigenvalue weighted by atomic mass is 10.0. The van der Waals surface area contributed by atoms with Gasteiger partial charge in [-0.15, -0.1) is 0 Å². The molecule has 0 radical (unpaired) electrons. The molecule has 0 fully saturated rings. The summed E-state index contributed by atoms with van der Waals surface area (Å²) in [4.78, 5) is 26.8. The quantitative estimate of drug-likeness (QED) is 0.183. The minimum absolute atomic E-state index is 0.167. The van der Waals surface area contributed by atoms with Crippen molar-refractivity contribution in [2.24, 2.45) is 0 Å². The highest BCUT2D eigenvalue weighted by atomic mass is 31.2. The first-order chi connectivity index (χ1) is 12.8. The van der Waals surface area contributed by atoms with Crippen LogP contribution in [-0.4, -0.2) is 106 Å². The Morgan fingerprint density at radius 2 is 1.03 bits per heavy atom. The third-order valence-electron chi connectivity index (χ3n) is 1.73. The Kier molecular flexibility index (Phi) is 23.7. The van der Waals surface area contributed by atoms with E-state index in [2.05, 4.69) is 4.52 Å². The molecule has 4 atom stereocenters. The maximum atomic E-state index is 10.2. The van der Waals surface area contributed by atoms with E-state index in [0.717, 1.165) is 0 Å². The zero-order valence-corrected chi connectivity index (χ0v) is 18.3. The molecule has 14 heteroatoms. The van der Waals surface area contributed by atoms with E-state index in [-0.39, 0.29) is 18.3 Å². The lowest BCUT2D eigenvalue weighted by Crippen LogP contribution is -2.48. The van der Waals surface area contributed by atoms with Crippen molar-refractivity contribution < 1.29 is 64.5 Å². The van der Waals surface area contributed by atoms with Crippen molar-refractivity contribution in [3.63, 3.8) is 0 Å². The number of carbonyl (C=O) groups is 1. The van der Waals surface area contributed by atoms with Crippen molar-refractivity contribution in [3.8, 4) is 0 Å². The van der Waals surface area contributed by atoms with Gasteiger partial charge in [-0.1, -0.05) is 0 Å². The average Bonchev–Trinajstić information content (AvgIpc) is 2.47. The van der Waals surface area contributed by atoms with E-state index < -0.39 is 44.8 Å². The molecular formula is C15H37O13P. The lowest BCUT2D eigenvalue weighted by molar-refractivity contribution is -0.164. The average molecular weight is 456 g/mol. The lowest BCUT2D eigenvalue weighted by Gasteiger charge is -2.24.